The van der Waals surface area contributed by atoms with Crippen molar-refractivity contribution in [3.8, 4) is 12.1 Å². The molecular formula is C8H12N2O2. The number of rotatable bonds is 5. The zero-order valence-electron chi connectivity index (χ0n) is 7.08. The number of nitrogens with zero attached hydrogens (tertiary/aromatic N) is 2. The van der Waals surface area contributed by atoms with E-state index in [1.54, 1.807) is 12.1 Å². The Morgan fingerprint density at radius 1 is 1.33 bits per heavy atom. The van der Waals surface area contributed by atoms with Gasteiger partial charge in [-0.15, -0.1) is 0 Å². The van der Waals surface area contributed by atoms with E-state index in [0.717, 1.165) is 12.8 Å². The minimum Gasteiger partial charge on any atom is -0.249 e. The molecule has 4 heteroatoms. The first kappa shape index (κ1) is 10.9. The van der Waals surface area contributed by atoms with Crippen molar-refractivity contribution in [2.75, 3.05) is 0 Å². The fourth-order valence-electron chi connectivity index (χ4n) is 0.847. The van der Waals surface area contributed by atoms with Crippen molar-refractivity contribution >= 4 is 0 Å². The van der Waals surface area contributed by atoms with Crippen LogP contribution in [-0.4, -0.2) is 10.9 Å². The van der Waals surface area contributed by atoms with Crippen LogP contribution < -0.4 is 0 Å². The molecule has 0 heterocycles. The van der Waals surface area contributed by atoms with E-state index >= 15 is 0 Å². The zero-order valence-corrected chi connectivity index (χ0v) is 7.08. The van der Waals surface area contributed by atoms with Crippen LogP contribution in [0.15, 0.2) is 0 Å². The van der Waals surface area contributed by atoms with Gasteiger partial charge in [-0.05, 0) is 6.42 Å². The Bertz CT molecular complexity index is 188. The number of nitriles is 2. The van der Waals surface area contributed by atoms with Crippen LogP contribution >= 0.6 is 0 Å². The van der Waals surface area contributed by atoms with Gasteiger partial charge in [-0.3, -0.25) is 0 Å². The summed E-state index contributed by atoms with van der Waals surface area (Å²) in [6.07, 6.45) is 2.88. The minimum absolute atomic E-state index is 0.254. The highest BCUT2D eigenvalue weighted by molar-refractivity contribution is 5.16. The molecular weight excluding hydrogens is 156 g/mol. The number of hydrogen-bond donors (Lipinski definition) is 1. The Morgan fingerprint density at radius 3 is 2.25 bits per heavy atom. The lowest BCUT2D eigenvalue weighted by molar-refractivity contribution is -0.289. The van der Waals surface area contributed by atoms with Gasteiger partial charge in [-0.25, -0.2) is 10.1 Å². The van der Waals surface area contributed by atoms with Crippen LogP contribution in [-0.2, 0) is 4.89 Å². The van der Waals surface area contributed by atoms with Crippen LogP contribution in [0.3, 0.4) is 0 Å². The van der Waals surface area contributed by atoms with Crippen LogP contribution in [0.25, 0.3) is 0 Å². The van der Waals surface area contributed by atoms with E-state index in [2.05, 4.69) is 4.89 Å². The highest BCUT2D eigenvalue weighted by Gasteiger charge is 2.30. The van der Waals surface area contributed by atoms with E-state index in [1.807, 2.05) is 6.92 Å². The van der Waals surface area contributed by atoms with Crippen molar-refractivity contribution in [2.45, 2.75) is 38.2 Å². The van der Waals surface area contributed by atoms with Gasteiger partial charge in [-0.2, -0.15) is 10.5 Å². The van der Waals surface area contributed by atoms with Crippen molar-refractivity contribution in [1.82, 2.24) is 0 Å². The summed E-state index contributed by atoms with van der Waals surface area (Å²) in [7, 11) is 0. The summed E-state index contributed by atoms with van der Waals surface area (Å²) in [6.45, 7) is 2.01. The topological polar surface area (TPSA) is 77.0 Å². The quantitative estimate of drug-likeness (QED) is 0.386. The van der Waals surface area contributed by atoms with Gasteiger partial charge in [-0.1, -0.05) is 19.8 Å². The molecule has 0 fully saturated rings. The van der Waals surface area contributed by atoms with Gasteiger partial charge in [0, 0.05) is 6.42 Å². The van der Waals surface area contributed by atoms with Crippen molar-refractivity contribution in [3.05, 3.63) is 0 Å². The first-order valence-corrected chi connectivity index (χ1v) is 3.89. The molecule has 66 valence electrons. The van der Waals surface area contributed by atoms with Crippen molar-refractivity contribution in [3.63, 3.8) is 0 Å². The standard InChI is InChI=1S/C8H12N2O2/c1-2-3-4-5-8(6-9,7-10)12-11/h11H,2-5H2,1H3. The third-order valence-electron chi connectivity index (χ3n) is 1.65. The van der Waals surface area contributed by atoms with E-state index in [4.69, 9.17) is 15.8 Å². The molecule has 0 radical (unpaired) electrons. The fraction of sp³-hybridized carbons (Fsp3) is 0.750. The molecule has 0 atom stereocenters. The molecule has 0 aliphatic carbocycles. The summed E-state index contributed by atoms with van der Waals surface area (Å²) in [6, 6.07) is 3.28. The fourth-order valence-corrected chi connectivity index (χ4v) is 0.847. The van der Waals surface area contributed by atoms with Crippen molar-refractivity contribution in [2.24, 2.45) is 0 Å². The Kier molecular flexibility index (Phi) is 5.03. The summed E-state index contributed by atoms with van der Waals surface area (Å²) in [4.78, 5) is 3.86. The highest BCUT2D eigenvalue weighted by Crippen LogP contribution is 2.16. The first-order chi connectivity index (χ1) is 5.74. The Morgan fingerprint density at radius 2 is 1.92 bits per heavy atom. The molecule has 0 amide bonds. The van der Waals surface area contributed by atoms with Gasteiger partial charge in [0.1, 0.15) is 12.1 Å². The molecule has 0 saturated carbocycles. The average molecular weight is 168 g/mol. The molecule has 1 N–H and O–H groups in total. The first-order valence-electron chi connectivity index (χ1n) is 3.89. The van der Waals surface area contributed by atoms with Gasteiger partial charge < -0.3 is 0 Å². The van der Waals surface area contributed by atoms with E-state index in [0.29, 0.717) is 6.42 Å². The number of unbranched alkanes of at least 4 members (excludes halogenated alkanes) is 2. The highest BCUT2D eigenvalue weighted by atomic mass is 17.1. The zero-order chi connectivity index (χ0) is 9.45. The molecule has 0 aromatic carbocycles. The molecule has 0 aromatic heterocycles. The maximum absolute atomic E-state index is 8.52. The van der Waals surface area contributed by atoms with E-state index in [-0.39, 0.29) is 6.42 Å². The largest absolute Gasteiger partial charge is 0.273 e. The summed E-state index contributed by atoms with van der Waals surface area (Å²) < 4.78 is 0. The second-order valence-corrected chi connectivity index (χ2v) is 2.60. The predicted molar refractivity (Wildman–Crippen MR) is 41.8 cm³/mol. The predicted octanol–water partition coefficient (Wildman–Crippen LogP) is 1.84. The monoisotopic (exact) mass is 168 g/mol. The maximum Gasteiger partial charge on any atom is 0.273 e. The molecule has 0 rings (SSSR count). The van der Waals surface area contributed by atoms with Crippen LogP contribution in [0.4, 0.5) is 0 Å². The van der Waals surface area contributed by atoms with Crippen molar-refractivity contribution < 1.29 is 10.1 Å². The van der Waals surface area contributed by atoms with Crippen LogP contribution in [0, 0.1) is 22.7 Å². The lowest BCUT2D eigenvalue weighted by Crippen LogP contribution is -2.27. The lowest BCUT2D eigenvalue weighted by Gasteiger charge is -2.12. The molecule has 0 aromatic rings. The van der Waals surface area contributed by atoms with Crippen LogP contribution in [0.1, 0.15) is 32.6 Å². The second kappa shape index (κ2) is 5.54. The Labute approximate surface area is 71.9 Å². The summed E-state index contributed by atoms with van der Waals surface area (Å²) in [5.74, 6) is 0. The molecule has 0 saturated heterocycles. The average Bonchev–Trinajstić information content (AvgIpc) is 2.14. The van der Waals surface area contributed by atoms with Crippen LogP contribution in [0.2, 0.25) is 0 Å². The van der Waals surface area contributed by atoms with Gasteiger partial charge in [0.15, 0.2) is 0 Å². The summed E-state index contributed by atoms with van der Waals surface area (Å²) in [5, 5.41) is 25.4. The Balaban J connectivity index is 3.99. The molecule has 0 aliphatic heterocycles. The molecule has 12 heavy (non-hydrogen) atoms. The van der Waals surface area contributed by atoms with Gasteiger partial charge in [0.2, 0.25) is 0 Å². The molecule has 0 spiro atoms. The van der Waals surface area contributed by atoms with Gasteiger partial charge in [0.05, 0.1) is 0 Å². The third kappa shape index (κ3) is 2.87. The van der Waals surface area contributed by atoms with E-state index < -0.39 is 5.60 Å². The van der Waals surface area contributed by atoms with Crippen LogP contribution in [0.5, 0.6) is 0 Å². The lowest BCUT2D eigenvalue weighted by atomic mass is 10.00. The normalized spacial score (nSPS) is 10.3. The van der Waals surface area contributed by atoms with Gasteiger partial charge in [0.25, 0.3) is 5.60 Å². The molecule has 0 bridgehead atoms. The van der Waals surface area contributed by atoms with E-state index in [1.165, 1.54) is 0 Å². The second-order valence-electron chi connectivity index (χ2n) is 2.60. The molecule has 0 aliphatic rings. The maximum atomic E-state index is 8.52. The van der Waals surface area contributed by atoms with E-state index in [9.17, 15) is 0 Å². The summed E-state index contributed by atoms with van der Waals surface area (Å²) >= 11 is 0. The SMILES string of the molecule is CCCCCC(C#N)(C#N)OO. The smallest absolute Gasteiger partial charge is 0.249 e. The number of hydrogen-bond acceptors (Lipinski definition) is 4. The van der Waals surface area contributed by atoms with Gasteiger partial charge >= 0.3 is 0 Å². The van der Waals surface area contributed by atoms with Crippen molar-refractivity contribution in [1.29, 1.82) is 10.5 Å². The minimum atomic E-state index is -1.66. The molecule has 0 unspecified atom stereocenters. The molecule has 4 nitrogen and oxygen atoms in total. The summed E-state index contributed by atoms with van der Waals surface area (Å²) in [5.41, 5.74) is -1.66. The Hall–Kier alpha value is -1.10. The third-order valence-corrected chi connectivity index (χ3v) is 1.65.